The van der Waals surface area contributed by atoms with Gasteiger partial charge in [0.1, 0.15) is 5.75 Å². The molecular weight excluding hydrogens is 307 g/mol. The highest BCUT2D eigenvalue weighted by molar-refractivity contribution is 5.94. The first-order chi connectivity index (χ1) is 10.8. The number of hydrogen-bond donors (Lipinski definition) is 1. The molecule has 2 rings (SSSR count). The first kappa shape index (κ1) is 16.9. The number of para-hydroxylation sites is 1. The molecule has 0 aromatic heterocycles. The molecule has 0 saturated heterocycles. The summed E-state index contributed by atoms with van der Waals surface area (Å²) in [6.07, 6.45) is -4.48. The van der Waals surface area contributed by atoms with Crippen LogP contribution in [0.15, 0.2) is 48.5 Å². The smallest absolute Gasteiger partial charge is 0.416 e. The Morgan fingerprint density at radius 3 is 2.48 bits per heavy atom. The number of carbonyl (C=O) groups excluding carboxylic acids is 1. The molecule has 1 amide bonds. The summed E-state index contributed by atoms with van der Waals surface area (Å²) in [7, 11) is 1.51. The third-order valence-corrected chi connectivity index (χ3v) is 3.41. The van der Waals surface area contributed by atoms with Crippen LogP contribution in [0, 0.1) is 0 Å². The maximum atomic E-state index is 12.7. The van der Waals surface area contributed by atoms with Crippen molar-refractivity contribution >= 4 is 5.91 Å². The van der Waals surface area contributed by atoms with Gasteiger partial charge in [-0.15, -0.1) is 0 Å². The molecule has 0 spiro atoms. The Balaban J connectivity index is 2.19. The van der Waals surface area contributed by atoms with Gasteiger partial charge in [0.25, 0.3) is 5.91 Å². The van der Waals surface area contributed by atoms with Crippen molar-refractivity contribution in [2.75, 3.05) is 7.11 Å². The van der Waals surface area contributed by atoms with E-state index in [9.17, 15) is 18.0 Å². The molecule has 1 atom stereocenters. The highest BCUT2D eigenvalue weighted by atomic mass is 19.4. The lowest BCUT2D eigenvalue weighted by Crippen LogP contribution is -2.27. The summed E-state index contributed by atoms with van der Waals surface area (Å²) in [6, 6.07) is 11.1. The van der Waals surface area contributed by atoms with Gasteiger partial charge in [-0.1, -0.05) is 24.3 Å². The third-order valence-electron chi connectivity index (χ3n) is 3.41. The van der Waals surface area contributed by atoms with E-state index in [2.05, 4.69) is 5.32 Å². The van der Waals surface area contributed by atoms with Crippen LogP contribution in [0.5, 0.6) is 5.75 Å². The lowest BCUT2D eigenvalue weighted by Gasteiger charge is -2.17. The number of nitrogens with one attached hydrogen (secondary N) is 1. The molecule has 3 nitrogen and oxygen atoms in total. The van der Waals surface area contributed by atoms with Crippen LogP contribution in [0.4, 0.5) is 13.2 Å². The molecule has 0 aliphatic carbocycles. The summed E-state index contributed by atoms with van der Waals surface area (Å²) in [5.74, 6) is 0.0267. The minimum atomic E-state index is -4.48. The second kappa shape index (κ2) is 6.73. The van der Waals surface area contributed by atoms with Crippen LogP contribution in [0.25, 0.3) is 0 Å². The number of methoxy groups -OCH3 is 1. The van der Waals surface area contributed by atoms with Gasteiger partial charge < -0.3 is 10.1 Å². The predicted octanol–water partition coefficient (Wildman–Crippen LogP) is 4.21. The number of rotatable bonds is 4. The summed E-state index contributed by atoms with van der Waals surface area (Å²) in [4.78, 5) is 12.2. The summed E-state index contributed by atoms with van der Waals surface area (Å²) < 4.78 is 43.3. The average molecular weight is 323 g/mol. The van der Waals surface area contributed by atoms with Gasteiger partial charge in [0.2, 0.25) is 0 Å². The summed E-state index contributed by atoms with van der Waals surface area (Å²) in [5, 5.41) is 2.68. The minimum Gasteiger partial charge on any atom is -0.496 e. The van der Waals surface area contributed by atoms with Gasteiger partial charge >= 0.3 is 6.18 Å². The quantitative estimate of drug-likeness (QED) is 0.915. The first-order valence-corrected chi connectivity index (χ1v) is 6.94. The van der Waals surface area contributed by atoms with Crippen molar-refractivity contribution < 1.29 is 22.7 Å². The van der Waals surface area contributed by atoms with Crippen molar-refractivity contribution in [3.05, 3.63) is 65.2 Å². The second-order valence-electron chi connectivity index (χ2n) is 5.02. The molecule has 23 heavy (non-hydrogen) atoms. The number of alkyl halides is 3. The lowest BCUT2D eigenvalue weighted by molar-refractivity contribution is -0.137. The van der Waals surface area contributed by atoms with Crippen LogP contribution in [0.2, 0.25) is 0 Å². The maximum Gasteiger partial charge on any atom is 0.416 e. The van der Waals surface area contributed by atoms with Gasteiger partial charge in [-0.3, -0.25) is 4.79 Å². The van der Waals surface area contributed by atoms with Crippen molar-refractivity contribution in [1.29, 1.82) is 0 Å². The van der Waals surface area contributed by atoms with Crippen LogP contribution in [0.1, 0.15) is 34.5 Å². The number of benzene rings is 2. The average Bonchev–Trinajstić information content (AvgIpc) is 2.54. The molecule has 2 aromatic rings. The fraction of sp³-hybridized carbons (Fsp3) is 0.235. The van der Waals surface area contributed by atoms with Crippen molar-refractivity contribution in [1.82, 2.24) is 5.32 Å². The van der Waals surface area contributed by atoms with Gasteiger partial charge in [0.05, 0.1) is 18.7 Å². The fourth-order valence-electron chi connectivity index (χ4n) is 2.22. The van der Waals surface area contributed by atoms with Crippen LogP contribution in [-0.2, 0) is 6.18 Å². The van der Waals surface area contributed by atoms with E-state index in [1.807, 2.05) is 0 Å². The predicted molar refractivity (Wildman–Crippen MR) is 80.3 cm³/mol. The normalized spacial score (nSPS) is 12.6. The summed E-state index contributed by atoms with van der Waals surface area (Å²) >= 11 is 0. The second-order valence-corrected chi connectivity index (χ2v) is 5.02. The van der Waals surface area contributed by atoms with E-state index >= 15 is 0 Å². The van der Waals surface area contributed by atoms with Gasteiger partial charge in [-0.2, -0.15) is 13.2 Å². The molecule has 1 N–H and O–H groups in total. The number of halogens is 3. The molecule has 0 aliphatic rings. The standard InChI is InChI=1S/C17H16F3NO2/c1-11(14-8-3-4-9-15(14)23-2)21-16(22)12-6-5-7-13(10-12)17(18,19)20/h3-11H,1-2H3,(H,21,22)/t11-/m0/s1. The first-order valence-electron chi connectivity index (χ1n) is 6.94. The van der Waals surface area contributed by atoms with Gasteiger partial charge in [-0.25, -0.2) is 0 Å². The zero-order valence-electron chi connectivity index (χ0n) is 12.6. The van der Waals surface area contributed by atoms with Crippen LogP contribution < -0.4 is 10.1 Å². The number of ether oxygens (including phenoxy) is 1. The fourth-order valence-corrected chi connectivity index (χ4v) is 2.22. The van der Waals surface area contributed by atoms with Gasteiger partial charge in [0.15, 0.2) is 0 Å². The van der Waals surface area contributed by atoms with Crippen LogP contribution >= 0.6 is 0 Å². The van der Waals surface area contributed by atoms with E-state index in [1.54, 1.807) is 31.2 Å². The van der Waals surface area contributed by atoms with Crippen molar-refractivity contribution in [3.63, 3.8) is 0 Å². The van der Waals surface area contributed by atoms with Gasteiger partial charge in [0, 0.05) is 11.1 Å². The topological polar surface area (TPSA) is 38.3 Å². The molecular formula is C17H16F3NO2. The Morgan fingerprint density at radius 1 is 1.13 bits per heavy atom. The van der Waals surface area contributed by atoms with Gasteiger partial charge in [-0.05, 0) is 31.2 Å². The Labute approximate surface area is 132 Å². The maximum absolute atomic E-state index is 12.7. The van der Waals surface area contributed by atoms with E-state index in [-0.39, 0.29) is 5.56 Å². The Hall–Kier alpha value is -2.50. The highest BCUT2D eigenvalue weighted by Crippen LogP contribution is 2.30. The summed E-state index contributed by atoms with van der Waals surface area (Å²) in [6.45, 7) is 1.74. The van der Waals surface area contributed by atoms with Crippen LogP contribution in [-0.4, -0.2) is 13.0 Å². The van der Waals surface area contributed by atoms with Crippen LogP contribution in [0.3, 0.4) is 0 Å². The summed E-state index contributed by atoms with van der Waals surface area (Å²) in [5.41, 5.74) is -0.146. The molecule has 0 bridgehead atoms. The lowest BCUT2D eigenvalue weighted by atomic mass is 10.1. The monoisotopic (exact) mass is 323 g/mol. The molecule has 0 aliphatic heterocycles. The number of amides is 1. The molecule has 0 heterocycles. The Morgan fingerprint density at radius 2 is 1.83 bits per heavy atom. The zero-order valence-corrected chi connectivity index (χ0v) is 12.6. The van der Waals surface area contributed by atoms with E-state index in [0.29, 0.717) is 5.75 Å². The highest BCUT2D eigenvalue weighted by Gasteiger charge is 2.31. The molecule has 6 heteroatoms. The molecule has 0 fully saturated rings. The zero-order chi connectivity index (χ0) is 17.0. The SMILES string of the molecule is COc1ccccc1[C@H](C)NC(=O)c1cccc(C(F)(F)F)c1. The van der Waals surface area contributed by atoms with Crippen molar-refractivity contribution in [2.24, 2.45) is 0 Å². The molecule has 122 valence electrons. The largest absolute Gasteiger partial charge is 0.496 e. The van der Waals surface area contributed by atoms with E-state index in [0.717, 1.165) is 17.7 Å². The van der Waals surface area contributed by atoms with E-state index < -0.39 is 23.7 Å². The van der Waals surface area contributed by atoms with E-state index in [4.69, 9.17) is 4.74 Å². The Bertz CT molecular complexity index is 698. The molecule has 0 radical (unpaired) electrons. The third kappa shape index (κ3) is 4.03. The number of hydrogen-bond acceptors (Lipinski definition) is 2. The number of carbonyl (C=O) groups is 1. The minimum absolute atomic E-state index is 0.0402. The molecule has 0 unspecified atom stereocenters. The van der Waals surface area contributed by atoms with Crippen molar-refractivity contribution in [3.8, 4) is 5.75 Å². The Kier molecular flexibility index (Phi) is 4.93. The van der Waals surface area contributed by atoms with Crippen molar-refractivity contribution in [2.45, 2.75) is 19.1 Å². The van der Waals surface area contributed by atoms with E-state index in [1.165, 1.54) is 19.2 Å². The molecule has 2 aromatic carbocycles. The molecule has 0 saturated carbocycles.